The SMILES string of the molecule is COc1ccc(Cn2ncc3cc(Br)cc(C#C[C@H]4O/C(=C/O)[C@@H](O)[C@H](O)[C@@H]4O)c32)cc1. The first-order valence-electron chi connectivity index (χ1n) is 9.76. The Hall–Kier alpha value is -3.03. The molecule has 166 valence electrons. The first-order valence-corrected chi connectivity index (χ1v) is 10.5. The van der Waals surface area contributed by atoms with Gasteiger partial charge in [0.2, 0.25) is 0 Å². The van der Waals surface area contributed by atoms with E-state index in [4.69, 9.17) is 9.47 Å². The van der Waals surface area contributed by atoms with E-state index in [9.17, 15) is 20.4 Å². The highest BCUT2D eigenvalue weighted by Gasteiger charge is 2.40. The van der Waals surface area contributed by atoms with Crippen molar-refractivity contribution < 1.29 is 29.9 Å². The third kappa shape index (κ3) is 4.31. The summed E-state index contributed by atoms with van der Waals surface area (Å²) in [6.45, 7) is 0.509. The van der Waals surface area contributed by atoms with Crippen LogP contribution in [0.3, 0.4) is 0 Å². The lowest BCUT2D eigenvalue weighted by atomic mass is 9.98. The van der Waals surface area contributed by atoms with Gasteiger partial charge in [-0.25, -0.2) is 0 Å². The van der Waals surface area contributed by atoms with Crippen LogP contribution < -0.4 is 4.74 Å². The largest absolute Gasteiger partial charge is 0.512 e. The smallest absolute Gasteiger partial charge is 0.187 e. The number of benzene rings is 2. The summed E-state index contributed by atoms with van der Waals surface area (Å²) in [7, 11) is 1.62. The molecule has 9 heteroatoms. The number of ether oxygens (including phenoxy) is 2. The first-order chi connectivity index (χ1) is 15.4. The van der Waals surface area contributed by atoms with Crippen molar-refractivity contribution in [2.75, 3.05) is 7.11 Å². The van der Waals surface area contributed by atoms with Crippen LogP contribution in [-0.2, 0) is 11.3 Å². The number of fused-ring (bicyclic) bond motifs is 1. The molecule has 2 heterocycles. The number of rotatable bonds is 3. The van der Waals surface area contributed by atoms with Gasteiger partial charge in [0.25, 0.3) is 0 Å². The number of hydrogen-bond donors (Lipinski definition) is 4. The lowest BCUT2D eigenvalue weighted by Gasteiger charge is -2.34. The number of halogens is 1. The van der Waals surface area contributed by atoms with Crippen molar-refractivity contribution in [3.63, 3.8) is 0 Å². The predicted molar refractivity (Wildman–Crippen MR) is 120 cm³/mol. The van der Waals surface area contributed by atoms with Crippen LogP contribution in [0, 0.1) is 11.8 Å². The number of hydrogen-bond acceptors (Lipinski definition) is 7. The van der Waals surface area contributed by atoms with Gasteiger partial charge in [-0.1, -0.05) is 39.9 Å². The summed E-state index contributed by atoms with van der Waals surface area (Å²) in [6.07, 6.45) is -3.36. The molecule has 0 saturated carbocycles. The Morgan fingerprint density at radius 2 is 1.94 bits per heavy atom. The molecule has 4 N–H and O–H groups in total. The fourth-order valence-electron chi connectivity index (χ4n) is 3.51. The maximum Gasteiger partial charge on any atom is 0.187 e. The Morgan fingerprint density at radius 3 is 2.62 bits per heavy atom. The second kappa shape index (κ2) is 9.22. The average Bonchev–Trinajstić information content (AvgIpc) is 3.19. The molecule has 0 bridgehead atoms. The molecule has 8 nitrogen and oxygen atoms in total. The Kier molecular flexibility index (Phi) is 6.39. The summed E-state index contributed by atoms with van der Waals surface area (Å²) >= 11 is 3.48. The van der Waals surface area contributed by atoms with E-state index in [0.717, 1.165) is 26.7 Å². The standard InChI is InChI=1S/C23H21BrN2O6/c1-31-17-5-2-13(3-6-17)11-26-20-14(8-16(24)9-15(20)10-25-26)4-7-18-21(28)23(30)22(29)19(12-27)32-18/h2-3,5-6,8-10,12,18,21-23,27-30H,11H2,1H3/b19-12+/t18-,21-,22-,23-/m1/s1. The minimum atomic E-state index is -1.54. The fourth-order valence-corrected chi connectivity index (χ4v) is 3.98. The van der Waals surface area contributed by atoms with Crippen molar-refractivity contribution in [1.29, 1.82) is 0 Å². The monoisotopic (exact) mass is 500 g/mol. The van der Waals surface area contributed by atoms with Crippen molar-refractivity contribution in [3.8, 4) is 17.6 Å². The van der Waals surface area contributed by atoms with Crippen molar-refractivity contribution in [2.24, 2.45) is 0 Å². The summed E-state index contributed by atoms with van der Waals surface area (Å²) in [6, 6.07) is 11.4. The number of aliphatic hydroxyl groups is 4. The molecule has 1 aliphatic heterocycles. The summed E-state index contributed by atoms with van der Waals surface area (Å²) in [4.78, 5) is 0. The van der Waals surface area contributed by atoms with E-state index in [1.54, 1.807) is 13.3 Å². The molecule has 4 rings (SSSR count). The van der Waals surface area contributed by atoms with E-state index in [2.05, 4.69) is 32.9 Å². The van der Waals surface area contributed by atoms with Gasteiger partial charge in [0.1, 0.15) is 30.3 Å². The van der Waals surface area contributed by atoms with Crippen molar-refractivity contribution in [2.45, 2.75) is 31.0 Å². The van der Waals surface area contributed by atoms with Gasteiger partial charge in [-0.3, -0.25) is 4.68 Å². The van der Waals surface area contributed by atoms with E-state index in [-0.39, 0.29) is 5.76 Å². The molecule has 4 atom stereocenters. The van der Waals surface area contributed by atoms with E-state index in [1.165, 1.54) is 0 Å². The van der Waals surface area contributed by atoms with Gasteiger partial charge >= 0.3 is 0 Å². The molecular weight excluding hydrogens is 480 g/mol. The topological polar surface area (TPSA) is 117 Å². The average molecular weight is 501 g/mol. The van der Waals surface area contributed by atoms with Crippen LogP contribution in [0.4, 0.5) is 0 Å². The van der Waals surface area contributed by atoms with Crippen LogP contribution in [0.5, 0.6) is 5.75 Å². The summed E-state index contributed by atoms with van der Waals surface area (Å²) in [5.74, 6) is 6.30. The first kappa shape index (κ1) is 22.2. The summed E-state index contributed by atoms with van der Waals surface area (Å²) in [5.41, 5.74) is 2.45. The molecule has 1 saturated heterocycles. The highest BCUT2D eigenvalue weighted by molar-refractivity contribution is 9.10. The van der Waals surface area contributed by atoms with Gasteiger partial charge in [0.15, 0.2) is 11.9 Å². The Morgan fingerprint density at radius 1 is 1.19 bits per heavy atom. The van der Waals surface area contributed by atoms with Crippen molar-refractivity contribution >= 4 is 26.8 Å². The van der Waals surface area contributed by atoms with Gasteiger partial charge in [-0.15, -0.1) is 0 Å². The zero-order valence-corrected chi connectivity index (χ0v) is 18.6. The molecule has 1 fully saturated rings. The van der Waals surface area contributed by atoms with Crippen LogP contribution in [0.15, 0.2) is 59.1 Å². The number of aliphatic hydroxyl groups excluding tert-OH is 4. The molecule has 1 aliphatic rings. The van der Waals surface area contributed by atoms with Crippen molar-refractivity contribution in [3.05, 3.63) is 70.2 Å². The number of aromatic nitrogens is 2. The Bertz CT molecular complexity index is 1210. The molecule has 0 unspecified atom stereocenters. The number of nitrogens with zero attached hydrogens (tertiary/aromatic N) is 2. The van der Waals surface area contributed by atoms with Gasteiger partial charge in [0.05, 0.1) is 30.9 Å². The maximum absolute atomic E-state index is 10.2. The van der Waals surface area contributed by atoms with Crippen LogP contribution in [0.2, 0.25) is 0 Å². The van der Waals surface area contributed by atoms with Gasteiger partial charge < -0.3 is 29.9 Å². The molecule has 1 aromatic heterocycles. The molecule has 32 heavy (non-hydrogen) atoms. The molecule has 0 spiro atoms. The molecule has 3 aromatic rings. The third-order valence-corrected chi connectivity index (χ3v) is 5.66. The highest BCUT2D eigenvalue weighted by Crippen LogP contribution is 2.26. The lowest BCUT2D eigenvalue weighted by Crippen LogP contribution is -2.51. The van der Waals surface area contributed by atoms with Gasteiger partial charge in [0, 0.05) is 9.86 Å². The molecule has 0 amide bonds. The maximum atomic E-state index is 10.2. The van der Waals surface area contributed by atoms with E-state index in [0.29, 0.717) is 18.4 Å². The Labute approximate surface area is 192 Å². The van der Waals surface area contributed by atoms with Gasteiger partial charge in [-0.05, 0) is 29.8 Å². The van der Waals surface area contributed by atoms with E-state index >= 15 is 0 Å². The minimum Gasteiger partial charge on any atom is -0.512 e. The van der Waals surface area contributed by atoms with Crippen LogP contribution >= 0.6 is 15.9 Å². The zero-order valence-electron chi connectivity index (χ0n) is 17.0. The van der Waals surface area contributed by atoms with Crippen molar-refractivity contribution in [1.82, 2.24) is 9.78 Å². The molecule has 0 radical (unpaired) electrons. The second-order valence-electron chi connectivity index (χ2n) is 7.31. The Balaban J connectivity index is 1.69. The summed E-state index contributed by atoms with van der Waals surface area (Å²) < 4.78 is 13.2. The van der Waals surface area contributed by atoms with E-state index in [1.807, 2.05) is 41.1 Å². The van der Waals surface area contributed by atoms with Crippen LogP contribution in [-0.4, -0.2) is 61.7 Å². The van der Waals surface area contributed by atoms with E-state index < -0.39 is 24.4 Å². The predicted octanol–water partition coefficient (Wildman–Crippen LogP) is 2.09. The quantitative estimate of drug-likeness (QED) is 0.321. The third-order valence-electron chi connectivity index (χ3n) is 5.20. The molecule has 0 aliphatic carbocycles. The number of methoxy groups -OCH3 is 1. The second-order valence-corrected chi connectivity index (χ2v) is 8.22. The fraction of sp³-hybridized carbons (Fsp3) is 0.261. The minimum absolute atomic E-state index is 0.258. The lowest BCUT2D eigenvalue weighted by molar-refractivity contribution is -0.140. The summed E-state index contributed by atoms with van der Waals surface area (Å²) in [5, 5.41) is 44.7. The van der Waals surface area contributed by atoms with Crippen LogP contribution in [0.25, 0.3) is 10.9 Å². The molecule has 2 aromatic carbocycles. The highest BCUT2D eigenvalue weighted by atomic mass is 79.9. The molecular formula is C23H21BrN2O6. The van der Waals surface area contributed by atoms with Crippen LogP contribution in [0.1, 0.15) is 11.1 Å². The zero-order chi connectivity index (χ0) is 22.8. The normalized spacial score (nSPS) is 24.1. The van der Waals surface area contributed by atoms with Gasteiger partial charge in [-0.2, -0.15) is 5.10 Å².